The number of aliphatic hydroxyl groups is 1. The first kappa shape index (κ1) is 9.55. The molecule has 5 heteroatoms. The van der Waals surface area contributed by atoms with Crippen LogP contribution in [0, 0.1) is 11.3 Å². The molecule has 1 heterocycles. The molecule has 0 spiro atoms. The Labute approximate surface area is 75.6 Å². The second-order valence-corrected chi connectivity index (χ2v) is 2.66. The number of ether oxygens (including phenoxy) is 1. The number of hydrogen-bond acceptors (Lipinski definition) is 5. The summed E-state index contributed by atoms with van der Waals surface area (Å²) < 4.78 is 4.41. The van der Waals surface area contributed by atoms with Crippen molar-refractivity contribution in [2.45, 2.75) is 19.1 Å². The van der Waals surface area contributed by atoms with Gasteiger partial charge in [-0.1, -0.05) is 0 Å². The van der Waals surface area contributed by atoms with Crippen LogP contribution in [0.15, 0.2) is 11.3 Å². The third kappa shape index (κ3) is 1.98. The molecule has 0 aromatic carbocycles. The summed E-state index contributed by atoms with van der Waals surface area (Å²) in [5.41, 5.74) is 0.404. The summed E-state index contributed by atoms with van der Waals surface area (Å²) in [4.78, 5) is 11.0. The van der Waals surface area contributed by atoms with Crippen LogP contribution in [0.2, 0.25) is 0 Å². The quantitative estimate of drug-likeness (QED) is 0.328. The second kappa shape index (κ2) is 3.92. The van der Waals surface area contributed by atoms with Crippen molar-refractivity contribution in [3.8, 4) is 6.07 Å². The van der Waals surface area contributed by atoms with Crippen molar-refractivity contribution >= 4 is 5.97 Å². The molecule has 0 aliphatic carbocycles. The molecule has 70 valence electrons. The number of aliphatic hydroxyl groups excluding tert-OH is 1. The van der Waals surface area contributed by atoms with Gasteiger partial charge in [-0.15, -0.1) is 0 Å². The zero-order valence-electron chi connectivity index (χ0n) is 7.20. The average Bonchev–Trinajstić information content (AvgIpc) is 2.53. The molecule has 1 fully saturated rings. The number of esters is 1. The van der Waals surface area contributed by atoms with E-state index in [4.69, 9.17) is 10.4 Å². The van der Waals surface area contributed by atoms with Crippen LogP contribution in [0.4, 0.5) is 0 Å². The molecule has 0 aromatic heterocycles. The van der Waals surface area contributed by atoms with E-state index in [0.29, 0.717) is 18.5 Å². The molecule has 1 aliphatic heterocycles. The van der Waals surface area contributed by atoms with Gasteiger partial charge in [0.05, 0.1) is 7.11 Å². The molecule has 0 bridgehead atoms. The lowest BCUT2D eigenvalue weighted by Crippen LogP contribution is -2.21. The molecule has 5 nitrogen and oxygen atoms in total. The summed E-state index contributed by atoms with van der Waals surface area (Å²) in [6, 6.07) is 1.75. The van der Waals surface area contributed by atoms with Gasteiger partial charge >= 0.3 is 5.97 Å². The smallest absolute Gasteiger partial charge is 0.350 e. The Hall–Kier alpha value is -1.54. The van der Waals surface area contributed by atoms with Gasteiger partial charge in [0, 0.05) is 5.70 Å². The number of hydrogen-bond donors (Lipinski definition) is 2. The molecular formula is C8H10N2O3. The van der Waals surface area contributed by atoms with Crippen LogP contribution in [0.5, 0.6) is 0 Å². The topological polar surface area (TPSA) is 82.4 Å². The van der Waals surface area contributed by atoms with Gasteiger partial charge in [-0.25, -0.2) is 4.79 Å². The highest BCUT2D eigenvalue weighted by molar-refractivity contribution is 5.93. The van der Waals surface area contributed by atoms with Crippen LogP contribution in [-0.4, -0.2) is 24.4 Å². The third-order valence-electron chi connectivity index (χ3n) is 1.81. The Morgan fingerprint density at radius 2 is 2.54 bits per heavy atom. The highest BCUT2D eigenvalue weighted by atomic mass is 16.5. The minimum atomic E-state index is -0.668. The summed E-state index contributed by atoms with van der Waals surface area (Å²) in [7, 11) is 1.21. The van der Waals surface area contributed by atoms with Crippen molar-refractivity contribution in [3.05, 3.63) is 11.3 Å². The van der Waals surface area contributed by atoms with Gasteiger partial charge in [-0.3, -0.25) is 0 Å². The molecule has 13 heavy (non-hydrogen) atoms. The Kier molecular flexibility index (Phi) is 2.88. The molecule has 0 saturated carbocycles. The number of nitriles is 1. The molecule has 1 atom stereocenters. The molecule has 0 aromatic rings. The number of rotatable bonds is 1. The van der Waals surface area contributed by atoms with Gasteiger partial charge in [-0.05, 0) is 12.8 Å². The van der Waals surface area contributed by atoms with E-state index < -0.39 is 12.2 Å². The van der Waals surface area contributed by atoms with Crippen LogP contribution in [-0.2, 0) is 9.53 Å². The van der Waals surface area contributed by atoms with Crippen molar-refractivity contribution in [3.63, 3.8) is 0 Å². The van der Waals surface area contributed by atoms with Crippen LogP contribution >= 0.6 is 0 Å². The van der Waals surface area contributed by atoms with E-state index in [9.17, 15) is 4.79 Å². The lowest BCUT2D eigenvalue weighted by molar-refractivity contribution is -0.135. The predicted molar refractivity (Wildman–Crippen MR) is 43.0 cm³/mol. The Morgan fingerprint density at radius 1 is 1.85 bits per heavy atom. The molecule has 2 N–H and O–H groups in total. The van der Waals surface area contributed by atoms with E-state index in [0.717, 1.165) is 0 Å². The van der Waals surface area contributed by atoms with Gasteiger partial charge in [0.15, 0.2) is 5.57 Å². The first-order chi connectivity index (χ1) is 6.19. The Morgan fingerprint density at radius 3 is 2.92 bits per heavy atom. The van der Waals surface area contributed by atoms with Gasteiger partial charge in [0.2, 0.25) is 0 Å². The van der Waals surface area contributed by atoms with Gasteiger partial charge < -0.3 is 15.2 Å². The second-order valence-electron chi connectivity index (χ2n) is 2.66. The van der Waals surface area contributed by atoms with Crippen molar-refractivity contribution in [2.75, 3.05) is 7.11 Å². The maximum Gasteiger partial charge on any atom is 0.350 e. The summed E-state index contributed by atoms with van der Waals surface area (Å²) in [5, 5.41) is 20.4. The Bertz CT molecular complexity index is 290. The lowest BCUT2D eigenvalue weighted by Gasteiger charge is -2.04. The number of allylic oxidation sites excluding steroid dienone is 1. The van der Waals surface area contributed by atoms with Crippen LogP contribution in [0.3, 0.4) is 0 Å². The van der Waals surface area contributed by atoms with E-state index in [1.807, 2.05) is 0 Å². The highest BCUT2D eigenvalue weighted by Gasteiger charge is 2.22. The normalized spacial score (nSPS) is 24.5. The number of nitrogens with one attached hydrogen (secondary N) is 1. The summed E-state index contributed by atoms with van der Waals surface area (Å²) in [5.74, 6) is -0.668. The minimum absolute atomic E-state index is 0.0564. The van der Waals surface area contributed by atoms with Crippen molar-refractivity contribution in [2.24, 2.45) is 0 Å². The first-order valence-corrected chi connectivity index (χ1v) is 3.85. The van der Waals surface area contributed by atoms with E-state index in [2.05, 4.69) is 10.1 Å². The van der Waals surface area contributed by atoms with E-state index in [-0.39, 0.29) is 5.57 Å². The highest BCUT2D eigenvalue weighted by Crippen LogP contribution is 2.17. The molecular weight excluding hydrogens is 172 g/mol. The van der Waals surface area contributed by atoms with Crippen molar-refractivity contribution < 1.29 is 14.6 Å². The van der Waals surface area contributed by atoms with Gasteiger partial charge in [0.25, 0.3) is 0 Å². The first-order valence-electron chi connectivity index (χ1n) is 3.85. The minimum Gasteiger partial charge on any atom is -0.465 e. The zero-order valence-corrected chi connectivity index (χ0v) is 7.20. The maximum atomic E-state index is 11.0. The number of carbonyl (C=O) groups is 1. The fourth-order valence-corrected chi connectivity index (χ4v) is 1.16. The van der Waals surface area contributed by atoms with Gasteiger partial charge in [0.1, 0.15) is 12.3 Å². The largest absolute Gasteiger partial charge is 0.465 e. The molecule has 0 unspecified atom stereocenters. The summed E-state index contributed by atoms with van der Waals surface area (Å²) >= 11 is 0. The van der Waals surface area contributed by atoms with Crippen LogP contribution in [0.1, 0.15) is 12.8 Å². The molecule has 0 radical (unpaired) electrons. The number of nitrogens with zero attached hydrogens (tertiary/aromatic N) is 1. The molecule has 0 amide bonds. The van der Waals surface area contributed by atoms with E-state index in [1.165, 1.54) is 7.11 Å². The molecule has 1 saturated heterocycles. The van der Waals surface area contributed by atoms with E-state index in [1.54, 1.807) is 6.07 Å². The van der Waals surface area contributed by atoms with E-state index >= 15 is 0 Å². The third-order valence-corrected chi connectivity index (χ3v) is 1.81. The van der Waals surface area contributed by atoms with Crippen molar-refractivity contribution in [1.82, 2.24) is 5.32 Å². The number of carbonyl (C=O) groups excluding carboxylic acids is 1. The monoisotopic (exact) mass is 182 g/mol. The molecule has 1 aliphatic rings. The Balaban J connectivity index is 2.88. The lowest BCUT2D eigenvalue weighted by atomic mass is 10.2. The summed E-state index contributed by atoms with van der Waals surface area (Å²) in [6.07, 6.45) is 0.347. The SMILES string of the molecule is COC(=O)/C(C#N)=C1/CC[C@@H](O)N1. The number of methoxy groups -OCH3 is 1. The van der Waals surface area contributed by atoms with Crippen LogP contribution < -0.4 is 5.32 Å². The van der Waals surface area contributed by atoms with Gasteiger partial charge in [-0.2, -0.15) is 5.26 Å². The molecule has 1 rings (SSSR count). The fourth-order valence-electron chi connectivity index (χ4n) is 1.16. The predicted octanol–water partition coefficient (Wildman–Crippen LogP) is -0.361. The summed E-state index contributed by atoms with van der Waals surface area (Å²) in [6.45, 7) is 0. The maximum absolute atomic E-state index is 11.0. The fraction of sp³-hybridized carbons (Fsp3) is 0.500. The standard InChI is InChI=1S/C8H10N2O3/c1-13-8(12)5(4-9)6-2-3-7(11)10-6/h7,10-11H,2-3H2,1H3/b6-5-/t7-/m1/s1. The average molecular weight is 182 g/mol. The zero-order chi connectivity index (χ0) is 9.84. The van der Waals surface area contributed by atoms with Crippen LogP contribution in [0.25, 0.3) is 0 Å². The van der Waals surface area contributed by atoms with Crippen molar-refractivity contribution in [1.29, 1.82) is 5.26 Å².